The van der Waals surface area contributed by atoms with E-state index in [-0.39, 0.29) is 17.2 Å². The molecule has 6 heteroatoms. The quantitative estimate of drug-likeness (QED) is 0.835. The molecular weight excluding hydrogens is 316 g/mol. The Bertz CT molecular complexity index is 624. The van der Waals surface area contributed by atoms with Gasteiger partial charge in [-0.3, -0.25) is 19.5 Å². The van der Waals surface area contributed by atoms with Crippen molar-refractivity contribution in [1.29, 1.82) is 0 Å². The van der Waals surface area contributed by atoms with Crippen LogP contribution in [-0.4, -0.2) is 65.9 Å². The number of likely N-dealkylation sites (N-methyl/N-ethyl adjacent to an activating group) is 1. The van der Waals surface area contributed by atoms with Crippen molar-refractivity contribution in [3.8, 4) is 0 Å². The first-order chi connectivity index (χ1) is 11.9. The van der Waals surface area contributed by atoms with Crippen LogP contribution in [0, 0.1) is 5.41 Å². The number of carbonyl (C=O) groups excluding carboxylic acids is 2. The van der Waals surface area contributed by atoms with E-state index in [1.807, 2.05) is 29.0 Å². The standard InChI is InChI=1S/C19H28N4O2/c1-15(2)21(3)14-17(24)22-10-6-19(7-11-22)8-12-23(18(19)25)16-5-4-9-20-13-16/h4-5,9,13,15H,6-8,10-12,14H2,1-3H3. The van der Waals surface area contributed by atoms with Gasteiger partial charge in [0.25, 0.3) is 0 Å². The summed E-state index contributed by atoms with van der Waals surface area (Å²) in [5.41, 5.74) is 0.581. The van der Waals surface area contributed by atoms with Gasteiger partial charge < -0.3 is 9.80 Å². The molecule has 1 aromatic heterocycles. The lowest BCUT2D eigenvalue weighted by Gasteiger charge is -2.38. The van der Waals surface area contributed by atoms with E-state index in [4.69, 9.17) is 0 Å². The molecule has 0 unspecified atom stereocenters. The second-order valence-electron chi connectivity index (χ2n) is 7.59. The van der Waals surface area contributed by atoms with E-state index in [1.165, 1.54) is 0 Å². The van der Waals surface area contributed by atoms with Crippen molar-refractivity contribution in [2.24, 2.45) is 5.41 Å². The van der Waals surface area contributed by atoms with Crippen LogP contribution >= 0.6 is 0 Å². The number of nitrogens with zero attached hydrogens (tertiary/aromatic N) is 4. The summed E-state index contributed by atoms with van der Waals surface area (Å²) in [6.45, 7) is 6.72. The second-order valence-corrected chi connectivity index (χ2v) is 7.59. The lowest BCUT2D eigenvalue weighted by atomic mass is 9.77. The number of pyridine rings is 1. The number of hydrogen-bond acceptors (Lipinski definition) is 4. The first kappa shape index (κ1) is 17.9. The molecule has 6 nitrogen and oxygen atoms in total. The Kier molecular flexibility index (Phi) is 5.08. The van der Waals surface area contributed by atoms with Crippen LogP contribution in [0.4, 0.5) is 5.69 Å². The number of amides is 2. The number of carbonyl (C=O) groups is 2. The molecule has 25 heavy (non-hydrogen) atoms. The van der Waals surface area contributed by atoms with Gasteiger partial charge in [0.2, 0.25) is 11.8 Å². The Hall–Kier alpha value is -1.95. The Labute approximate surface area is 149 Å². The van der Waals surface area contributed by atoms with Gasteiger partial charge in [-0.2, -0.15) is 0 Å². The zero-order valence-corrected chi connectivity index (χ0v) is 15.4. The van der Waals surface area contributed by atoms with Crippen molar-refractivity contribution < 1.29 is 9.59 Å². The third-order valence-electron chi connectivity index (χ3n) is 5.81. The minimum Gasteiger partial charge on any atom is -0.342 e. The molecular formula is C19H28N4O2. The normalized spacial score (nSPS) is 20.1. The fraction of sp³-hybridized carbons (Fsp3) is 0.632. The van der Waals surface area contributed by atoms with Gasteiger partial charge in [-0.15, -0.1) is 0 Å². The lowest BCUT2D eigenvalue weighted by Crippen LogP contribution is -2.49. The molecule has 3 heterocycles. The van der Waals surface area contributed by atoms with E-state index in [0.717, 1.165) is 31.5 Å². The van der Waals surface area contributed by atoms with Crippen LogP contribution in [-0.2, 0) is 9.59 Å². The molecule has 0 atom stereocenters. The molecule has 0 N–H and O–H groups in total. The summed E-state index contributed by atoms with van der Waals surface area (Å²) in [5.74, 6) is 0.368. The maximum atomic E-state index is 13.0. The number of anilines is 1. The van der Waals surface area contributed by atoms with Gasteiger partial charge in [0.15, 0.2) is 0 Å². The Morgan fingerprint density at radius 2 is 1.96 bits per heavy atom. The molecule has 136 valence electrons. The SMILES string of the molecule is CC(C)N(C)CC(=O)N1CCC2(CC1)CCN(c1cccnc1)C2=O. The van der Waals surface area contributed by atoms with Crippen molar-refractivity contribution in [1.82, 2.24) is 14.8 Å². The van der Waals surface area contributed by atoms with Gasteiger partial charge in [-0.05, 0) is 52.3 Å². The first-order valence-corrected chi connectivity index (χ1v) is 9.13. The summed E-state index contributed by atoms with van der Waals surface area (Å²) >= 11 is 0. The van der Waals surface area contributed by atoms with Crippen LogP contribution in [0.5, 0.6) is 0 Å². The average molecular weight is 344 g/mol. The van der Waals surface area contributed by atoms with Crippen LogP contribution in [0.2, 0.25) is 0 Å². The van der Waals surface area contributed by atoms with Crippen LogP contribution < -0.4 is 4.90 Å². The van der Waals surface area contributed by atoms with Gasteiger partial charge in [-0.1, -0.05) is 0 Å². The van der Waals surface area contributed by atoms with Crippen molar-refractivity contribution >= 4 is 17.5 Å². The minimum atomic E-state index is -0.295. The van der Waals surface area contributed by atoms with Crippen LogP contribution in [0.15, 0.2) is 24.5 Å². The summed E-state index contributed by atoms with van der Waals surface area (Å²) in [7, 11) is 1.97. The van der Waals surface area contributed by atoms with Gasteiger partial charge in [0, 0.05) is 31.9 Å². The van der Waals surface area contributed by atoms with Crippen LogP contribution in [0.1, 0.15) is 33.1 Å². The molecule has 2 saturated heterocycles. The van der Waals surface area contributed by atoms with E-state index >= 15 is 0 Å². The molecule has 0 saturated carbocycles. The number of rotatable bonds is 4. The monoisotopic (exact) mass is 344 g/mol. The highest BCUT2D eigenvalue weighted by molar-refractivity contribution is 6.00. The van der Waals surface area contributed by atoms with Crippen LogP contribution in [0.3, 0.4) is 0 Å². The largest absolute Gasteiger partial charge is 0.342 e. The maximum absolute atomic E-state index is 13.0. The smallest absolute Gasteiger partial charge is 0.236 e. The summed E-state index contributed by atoms with van der Waals surface area (Å²) in [6, 6.07) is 4.15. The molecule has 3 rings (SSSR count). The fourth-order valence-corrected chi connectivity index (χ4v) is 3.72. The second kappa shape index (κ2) is 7.12. The maximum Gasteiger partial charge on any atom is 0.236 e. The zero-order valence-electron chi connectivity index (χ0n) is 15.4. The van der Waals surface area contributed by atoms with E-state index in [0.29, 0.717) is 25.7 Å². The first-order valence-electron chi connectivity index (χ1n) is 9.13. The van der Waals surface area contributed by atoms with Crippen molar-refractivity contribution in [2.75, 3.05) is 38.1 Å². The fourth-order valence-electron chi connectivity index (χ4n) is 3.72. The molecule has 1 aromatic rings. The summed E-state index contributed by atoms with van der Waals surface area (Å²) in [4.78, 5) is 35.4. The topological polar surface area (TPSA) is 56.8 Å². The summed E-state index contributed by atoms with van der Waals surface area (Å²) in [6.07, 6.45) is 5.86. The molecule has 1 spiro atoms. The van der Waals surface area contributed by atoms with Crippen molar-refractivity contribution in [3.63, 3.8) is 0 Å². The Balaban J connectivity index is 1.60. The number of piperidine rings is 1. The molecule has 2 aliphatic heterocycles. The molecule has 2 fully saturated rings. The summed E-state index contributed by atoms with van der Waals surface area (Å²) < 4.78 is 0. The predicted octanol–water partition coefficient (Wildman–Crippen LogP) is 1.77. The Morgan fingerprint density at radius 1 is 1.28 bits per heavy atom. The molecule has 0 radical (unpaired) electrons. The van der Waals surface area contributed by atoms with Crippen molar-refractivity contribution in [3.05, 3.63) is 24.5 Å². The van der Waals surface area contributed by atoms with Gasteiger partial charge >= 0.3 is 0 Å². The number of likely N-dealkylation sites (tertiary alicyclic amines) is 1. The Morgan fingerprint density at radius 3 is 2.56 bits per heavy atom. The third kappa shape index (κ3) is 3.54. The average Bonchev–Trinajstić information content (AvgIpc) is 2.92. The van der Waals surface area contributed by atoms with E-state index < -0.39 is 0 Å². The minimum absolute atomic E-state index is 0.167. The molecule has 0 bridgehead atoms. The molecule has 2 amide bonds. The summed E-state index contributed by atoms with van der Waals surface area (Å²) in [5, 5.41) is 0. The van der Waals surface area contributed by atoms with Crippen LogP contribution in [0.25, 0.3) is 0 Å². The zero-order chi connectivity index (χ0) is 18.0. The van der Waals surface area contributed by atoms with E-state index in [2.05, 4.69) is 23.7 Å². The number of aromatic nitrogens is 1. The highest BCUT2D eigenvalue weighted by Gasteiger charge is 2.49. The van der Waals surface area contributed by atoms with Gasteiger partial charge in [0.05, 0.1) is 23.8 Å². The highest BCUT2D eigenvalue weighted by atomic mass is 16.2. The van der Waals surface area contributed by atoms with Crippen molar-refractivity contribution in [2.45, 2.75) is 39.2 Å². The third-order valence-corrected chi connectivity index (χ3v) is 5.81. The van der Waals surface area contributed by atoms with E-state index in [1.54, 1.807) is 12.4 Å². The highest BCUT2D eigenvalue weighted by Crippen LogP contribution is 2.42. The molecule has 0 aromatic carbocycles. The van der Waals surface area contributed by atoms with Gasteiger partial charge in [-0.25, -0.2) is 0 Å². The lowest BCUT2D eigenvalue weighted by molar-refractivity contribution is -0.138. The van der Waals surface area contributed by atoms with Gasteiger partial charge in [0.1, 0.15) is 0 Å². The predicted molar refractivity (Wildman–Crippen MR) is 97.2 cm³/mol. The number of hydrogen-bond donors (Lipinski definition) is 0. The molecule has 2 aliphatic rings. The van der Waals surface area contributed by atoms with E-state index in [9.17, 15) is 9.59 Å². The molecule has 0 aliphatic carbocycles.